The topological polar surface area (TPSA) is 73.9 Å². The zero-order chi connectivity index (χ0) is 15.6. The van der Waals surface area contributed by atoms with Crippen molar-refractivity contribution < 1.29 is 9.15 Å². The van der Waals surface area contributed by atoms with Crippen LogP contribution in [0.5, 0.6) is 5.88 Å². The lowest BCUT2D eigenvalue weighted by atomic mass is 10.2. The summed E-state index contributed by atoms with van der Waals surface area (Å²) in [6.45, 7) is 0.152. The summed E-state index contributed by atoms with van der Waals surface area (Å²) in [6.07, 6.45) is 1.48. The maximum atomic E-state index is 5.69. The molecule has 8 heteroatoms. The largest absolute Gasteiger partial charge is 0.467 e. The minimum atomic E-state index is 0.152. The lowest BCUT2D eigenvalue weighted by Gasteiger charge is -2.02. The smallest absolute Gasteiger partial charge is 0.254 e. The van der Waals surface area contributed by atoms with Crippen molar-refractivity contribution in [3.05, 3.63) is 52.4 Å². The van der Waals surface area contributed by atoms with E-state index in [-0.39, 0.29) is 6.61 Å². The number of thiophene rings is 1. The van der Waals surface area contributed by atoms with Gasteiger partial charge in [0.05, 0.1) is 10.9 Å². The fraction of sp³-hybridized carbons (Fsp3) is 0.0667. The van der Waals surface area contributed by atoms with Crippen LogP contribution in [-0.2, 0) is 6.61 Å². The number of nitrogens with zero attached hydrogens (tertiary/aromatic N) is 4. The Kier molecular flexibility index (Phi) is 3.76. The molecule has 0 saturated heterocycles. The van der Waals surface area contributed by atoms with Crippen molar-refractivity contribution in [1.29, 1.82) is 0 Å². The van der Waals surface area contributed by atoms with Gasteiger partial charge in [-0.2, -0.15) is 0 Å². The monoisotopic (exact) mass is 388 g/mol. The Balaban J connectivity index is 1.54. The number of rotatable bonds is 4. The number of hydrogen-bond donors (Lipinski definition) is 0. The zero-order valence-electron chi connectivity index (χ0n) is 11.6. The predicted molar refractivity (Wildman–Crippen MR) is 89.2 cm³/mol. The molecule has 4 rings (SSSR count). The molecule has 0 amide bonds. The molecule has 0 unspecified atom stereocenters. The highest BCUT2D eigenvalue weighted by molar-refractivity contribution is 9.10. The minimum absolute atomic E-state index is 0.152. The van der Waals surface area contributed by atoms with Crippen molar-refractivity contribution in [1.82, 2.24) is 20.2 Å². The molecule has 23 heavy (non-hydrogen) atoms. The molecule has 114 valence electrons. The van der Waals surface area contributed by atoms with Crippen molar-refractivity contribution in [2.75, 3.05) is 0 Å². The fourth-order valence-electron chi connectivity index (χ4n) is 2.07. The number of hydrogen-bond acceptors (Lipinski definition) is 7. The summed E-state index contributed by atoms with van der Waals surface area (Å²) in [5.41, 5.74) is 0.841. The first-order valence-electron chi connectivity index (χ1n) is 6.69. The molecule has 0 saturated carbocycles. The molecule has 1 aromatic carbocycles. The molecule has 0 aliphatic rings. The molecule has 0 aliphatic carbocycles. The van der Waals surface area contributed by atoms with Crippen molar-refractivity contribution in [3.63, 3.8) is 0 Å². The van der Waals surface area contributed by atoms with Crippen LogP contribution in [0, 0.1) is 0 Å². The van der Waals surface area contributed by atoms with Gasteiger partial charge in [0, 0.05) is 4.47 Å². The van der Waals surface area contributed by atoms with Gasteiger partial charge in [-0.15, -0.1) is 21.5 Å². The van der Waals surface area contributed by atoms with Gasteiger partial charge in [-0.25, -0.2) is 9.97 Å². The van der Waals surface area contributed by atoms with Crippen molar-refractivity contribution >= 4 is 37.5 Å². The first-order chi connectivity index (χ1) is 11.3. The highest BCUT2D eigenvalue weighted by Gasteiger charge is 2.13. The van der Waals surface area contributed by atoms with Crippen LogP contribution in [0.4, 0.5) is 0 Å². The molecule has 0 spiro atoms. The third kappa shape index (κ3) is 2.82. The van der Waals surface area contributed by atoms with Crippen LogP contribution >= 0.6 is 27.3 Å². The maximum Gasteiger partial charge on any atom is 0.254 e. The quantitative estimate of drug-likeness (QED) is 0.524. The molecule has 4 aromatic rings. The normalized spacial score (nSPS) is 11.0. The van der Waals surface area contributed by atoms with Gasteiger partial charge in [-0.05, 0) is 39.5 Å². The second-order valence-electron chi connectivity index (χ2n) is 4.59. The molecule has 0 bridgehead atoms. The van der Waals surface area contributed by atoms with E-state index >= 15 is 0 Å². The molecule has 0 aliphatic heterocycles. The van der Waals surface area contributed by atoms with Crippen LogP contribution in [-0.4, -0.2) is 20.2 Å². The molecular weight excluding hydrogens is 380 g/mol. The van der Waals surface area contributed by atoms with E-state index in [0.29, 0.717) is 17.7 Å². The average molecular weight is 389 g/mol. The molecule has 0 fully saturated rings. The summed E-state index contributed by atoms with van der Waals surface area (Å²) in [6, 6.07) is 9.59. The van der Waals surface area contributed by atoms with Gasteiger partial charge >= 0.3 is 0 Å². The lowest BCUT2D eigenvalue weighted by Crippen LogP contribution is -1.98. The van der Waals surface area contributed by atoms with Gasteiger partial charge in [0.15, 0.2) is 6.61 Å². The standard InChI is InChI=1S/C15H9BrN4O2S/c16-11-4-2-1-3-9(11)14-20-19-12(22-14)7-21-13-10-5-6-23-15(10)18-8-17-13/h1-6,8H,7H2. The first-order valence-corrected chi connectivity index (χ1v) is 8.37. The Bertz CT molecular complexity index is 969. The summed E-state index contributed by atoms with van der Waals surface area (Å²) in [5.74, 6) is 1.34. The Labute approximate surface area is 143 Å². The number of halogens is 1. The molecular formula is C15H9BrN4O2S. The fourth-order valence-corrected chi connectivity index (χ4v) is 3.25. The molecule has 0 radical (unpaired) electrons. The summed E-state index contributed by atoms with van der Waals surface area (Å²) >= 11 is 5.00. The van der Waals surface area contributed by atoms with Gasteiger partial charge in [-0.3, -0.25) is 0 Å². The lowest BCUT2D eigenvalue weighted by molar-refractivity contribution is 0.258. The highest BCUT2D eigenvalue weighted by atomic mass is 79.9. The van der Waals surface area contributed by atoms with E-state index in [4.69, 9.17) is 9.15 Å². The number of benzene rings is 1. The van der Waals surface area contributed by atoms with E-state index in [2.05, 4.69) is 36.1 Å². The van der Waals surface area contributed by atoms with E-state index in [1.165, 1.54) is 17.7 Å². The second-order valence-corrected chi connectivity index (χ2v) is 6.34. The van der Waals surface area contributed by atoms with Gasteiger partial charge in [0.1, 0.15) is 11.2 Å². The molecule has 6 nitrogen and oxygen atoms in total. The second kappa shape index (κ2) is 6.05. The Morgan fingerprint density at radius 1 is 1.13 bits per heavy atom. The molecule has 3 heterocycles. The zero-order valence-corrected chi connectivity index (χ0v) is 14.0. The van der Waals surface area contributed by atoms with Crippen LogP contribution in [0.2, 0.25) is 0 Å². The predicted octanol–water partition coefficient (Wildman–Crippen LogP) is 4.08. The van der Waals surface area contributed by atoms with Crippen LogP contribution in [0.15, 0.2) is 50.9 Å². The van der Waals surface area contributed by atoms with E-state index in [0.717, 1.165) is 20.3 Å². The van der Waals surface area contributed by atoms with E-state index in [1.54, 1.807) is 0 Å². The highest BCUT2D eigenvalue weighted by Crippen LogP contribution is 2.28. The summed E-state index contributed by atoms with van der Waals surface area (Å²) in [7, 11) is 0. The minimum Gasteiger partial charge on any atom is -0.467 e. The Hall–Kier alpha value is -2.32. The molecule has 0 atom stereocenters. The van der Waals surface area contributed by atoms with Crippen LogP contribution in [0.25, 0.3) is 21.7 Å². The molecule has 3 aromatic heterocycles. The van der Waals surface area contributed by atoms with Gasteiger partial charge in [0.2, 0.25) is 11.8 Å². The van der Waals surface area contributed by atoms with Gasteiger partial charge in [-0.1, -0.05) is 12.1 Å². The van der Waals surface area contributed by atoms with Gasteiger partial charge < -0.3 is 9.15 Å². The SMILES string of the molecule is Brc1ccccc1-c1nnc(COc2ncnc3sccc23)o1. The van der Waals surface area contributed by atoms with E-state index in [1.807, 2.05) is 35.7 Å². The summed E-state index contributed by atoms with van der Waals surface area (Å²) in [4.78, 5) is 9.21. The van der Waals surface area contributed by atoms with Crippen molar-refractivity contribution in [3.8, 4) is 17.3 Å². The first kappa shape index (κ1) is 14.3. The Morgan fingerprint density at radius 3 is 2.96 bits per heavy atom. The third-order valence-corrected chi connectivity index (χ3v) is 4.64. The summed E-state index contributed by atoms with van der Waals surface area (Å²) in [5, 5.41) is 10.9. The van der Waals surface area contributed by atoms with Crippen LogP contribution in [0.1, 0.15) is 5.89 Å². The Morgan fingerprint density at radius 2 is 2.04 bits per heavy atom. The van der Waals surface area contributed by atoms with Crippen molar-refractivity contribution in [2.45, 2.75) is 6.61 Å². The van der Waals surface area contributed by atoms with Crippen LogP contribution < -0.4 is 4.74 Å². The van der Waals surface area contributed by atoms with Gasteiger partial charge in [0.25, 0.3) is 5.89 Å². The van der Waals surface area contributed by atoms with Crippen LogP contribution in [0.3, 0.4) is 0 Å². The van der Waals surface area contributed by atoms with E-state index in [9.17, 15) is 0 Å². The average Bonchev–Trinajstić information content (AvgIpc) is 3.22. The maximum absolute atomic E-state index is 5.69. The summed E-state index contributed by atoms with van der Waals surface area (Å²) < 4.78 is 12.2. The van der Waals surface area contributed by atoms with E-state index < -0.39 is 0 Å². The third-order valence-electron chi connectivity index (χ3n) is 3.13. The molecule has 0 N–H and O–H groups in total. The number of ether oxygens (including phenoxy) is 1. The number of aromatic nitrogens is 4. The van der Waals surface area contributed by atoms with Crippen molar-refractivity contribution in [2.24, 2.45) is 0 Å². The number of fused-ring (bicyclic) bond motifs is 1.